The van der Waals surface area contributed by atoms with Crippen LogP contribution in [0.1, 0.15) is 16.1 Å². The highest BCUT2D eigenvalue weighted by Gasteiger charge is 2.32. The van der Waals surface area contributed by atoms with Crippen molar-refractivity contribution in [1.29, 1.82) is 5.26 Å². The SMILES string of the molecule is N#C[C@H]1C=Cc2cc3c(cc2N1C(=O)c1ccco1)OCO3. The van der Waals surface area contributed by atoms with E-state index in [0.29, 0.717) is 17.2 Å². The van der Waals surface area contributed by atoms with E-state index in [1.165, 1.54) is 11.2 Å². The Morgan fingerprint density at radius 2 is 2.14 bits per heavy atom. The third-order valence-corrected chi connectivity index (χ3v) is 3.60. The zero-order chi connectivity index (χ0) is 15.1. The molecule has 0 aliphatic carbocycles. The van der Waals surface area contributed by atoms with E-state index in [1.807, 2.05) is 0 Å². The van der Waals surface area contributed by atoms with Crippen LogP contribution in [0.15, 0.2) is 41.0 Å². The number of amides is 1. The van der Waals surface area contributed by atoms with Gasteiger partial charge in [-0.3, -0.25) is 9.69 Å². The molecule has 0 saturated heterocycles. The molecule has 22 heavy (non-hydrogen) atoms. The second-order valence-electron chi connectivity index (χ2n) is 4.85. The summed E-state index contributed by atoms with van der Waals surface area (Å²) in [6, 6.07) is 8.12. The maximum absolute atomic E-state index is 12.7. The maximum atomic E-state index is 12.7. The first-order chi connectivity index (χ1) is 10.8. The molecule has 0 bridgehead atoms. The van der Waals surface area contributed by atoms with Gasteiger partial charge in [0, 0.05) is 11.6 Å². The van der Waals surface area contributed by atoms with E-state index in [0.717, 1.165) is 5.56 Å². The number of anilines is 1. The first-order valence-corrected chi connectivity index (χ1v) is 6.66. The normalized spacial score (nSPS) is 18.0. The predicted octanol–water partition coefficient (Wildman–Crippen LogP) is 2.57. The summed E-state index contributed by atoms with van der Waals surface area (Å²) in [5.74, 6) is 0.993. The van der Waals surface area contributed by atoms with E-state index in [1.54, 1.807) is 36.4 Å². The average molecular weight is 294 g/mol. The van der Waals surface area contributed by atoms with E-state index in [9.17, 15) is 10.1 Å². The van der Waals surface area contributed by atoms with Gasteiger partial charge in [0.25, 0.3) is 5.91 Å². The summed E-state index contributed by atoms with van der Waals surface area (Å²) in [5, 5.41) is 9.35. The van der Waals surface area contributed by atoms with Gasteiger partial charge in [-0.15, -0.1) is 0 Å². The maximum Gasteiger partial charge on any atom is 0.295 e. The Morgan fingerprint density at radius 1 is 1.32 bits per heavy atom. The van der Waals surface area contributed by atoms with E-state index in [-0.39, 0.29) is 18.5 Å². The molecular weight excluding hydrogens is 284 g/mol. The number of fused-ring (bicyclic) bond motifs is 2. The molecule has 0 fully saturated rings. The monoisotopic (exact) mass is 294 g/mol. The number of nitrogens with zero attached hydrogens (tertiary/aromatic N) is 2. The molecule has 1 aromatic heterocycles. The van der Waals surface area contributed by atoms with Crippen molar-refractivity contribution in [2.75, 3.05) is 11.7 Å². The lowest BCUT2D eigenvalue weighted by atomic mass is 10.0. The van der Waals surface area contributed by atoms with Gasteiger partial charge in [-0.05, 0) is 24.3 Å². The Bertz CT molecular complexity index is 817. The minimum Gasteiger partial charge on any atom is -0.459 e. The zero-order valence-corrected chi connectivity index (χ0v) is 11.4. The molecule has 6 nitrogen and oxygen atoms in total. The van der Waals surface area contributed by atoms with Crippen LogP contribution in [0.3, 0.4) is 0 Å². The van der Waals surface area contributed by atoms with Crippen molar-refractivity contribution >= 4 is 17.7 Å². The molecule has 2 aliphatic rings. The summed E-state index contributed by atoms with van der Waals surface area (Å²) in [6.07, 6.45) is 4.90. The van der Waals surface area contributed by atoms with Crippen molar-refractivity contribution < 1.29 is 18.7 Å². The largest absolute Gasteiger partial charge is 0.459 e. The summed E-state index contributed by atoms with van der Waals surface area (Å²) < 4.78 is 15.9. The Hall–Kier alpha value is -3.20. The average Bonchev–Trinajstić information content (AvgIpc) is 3.21. The molecule has 1 aromatic carbocycles. The number of carbonyl (C=O) groups excluding carboxylic acids is 1. The van der Waals surface area contributed by atoms with Gasteiger partial charge in [0.05, 0.1) is 18.0 Å². The number of furan rings is 1. The van der Waals surface area contributed by atoms with Gasteiger partial charge in [0.15, 0.2) is 17.3 Å². The van der Waals surface area contributed by atoms with Gasteiger partial charge >= 0.3 is 0 Å². The molecule has 0 saturated carbocycles. The molecule has 0 spiro atoms. The van der Waals surface area contributed by atoms with Crippen LogP contribution in [0.5, 0.6) is 11.5 Å². The molecule has 2 aliphatic heterocycles. The molecule has 3 heterocycles. The van der Waals surface area contributed by atoms with Crippen molar-refractivity contribution in [3.05, 3.63) is 47.9 Å². The van der Waals surface area contributed by atoms with Crippen molar-refractivity contribution in [3.8, 4) is 17.6 Å². The Morgan fingerprint density at radius 3 is 2.86 bits per heavy atom. The lowest BCUT2D eigenvalue weighted by Gasteiger charge is -2.29. The van der Waals surface area contributed by atoms with Gasteiger partial charge in [0.1, 0.15) is 6.04 Å². The van der Waals surface area contributed by atoms with Crippen molar-refractivity contribution in [1.82, 2.24) is 0 Å². The number of rotatable bonds is 1. The Labute approximate surface area is 125 Å². The van der Waals surface area contributed by atoms with Crippen LogP contribution < -0.4 is 14.4 Å². The van der Waals surface area contributed by atoms with Crippen LogP contribution in [-0.4, -0.2) is 18.7 Å². The molecule has 0 N–H and O–H groups in total. The molecule has 108 valence electrons. The number of ether oxygens (including phenoxy) is 2. The van der Waals surface area contributed by atoms with E-state index in [2.05, 4.69) is 6.07 Å². The summed E-state index contributed by atoms with van der Waals surface area (Å²) in [4.78, 5) is 14.1. The number of nitriles is 1. The highest BCUT2D eigenvalue weighted by atomic mass is 16.7. The number of hydrogen-bond acceptors (Lipinski definition) is 5. The number of carbonyl (C=O) groups is 1. The molecule has 1 amide bonds. The molecule has 0 unspecified atom stereocenters. The van der Waals surface area contributed by atoms with E-state index in [4.69, 9.17) is 13.9 Å². The topological polar surface area (TPSA) is 75.7 Å². The number of benzene rings is 1. The van der Waals surface area contributed by atoms with Crippen LogP contribution in [0.4, 0.5) is 5.69 Å². The third kappa shape index (κ3) is 1.76. The Kier molecular flexibility index (Phi) is 2.66. The van der Waals surface area contributed by atoms with Gasteiger partial charge in [-0.2, -0.15) is 5.26 Å². The van der Waals surface area contributed by atoms with E-state index < -0.39 is 6.04 Å². The fourth-order valence-corrected chi connectivity index (χ4v) is 2.58. The van der Waals surface area contributed by atoms with Crippen molar-refractivity contribution in [2.24, 2.45) is 0 Å². The second kappa shape index (κ2) is 4.67. The zero-order valence-electron chi connectivity index (χ0n) is 11.4. The molecule has 2 aromatic rings. The summed E-state index contributed by atoms with van der Waals surface area (Å²) >= 11 is 0. The van der Waals surface area contributed by atoms with Crippen LogP contribution in [0.25, 0.3) is 6.08 Å². The minimum absolute atomic E-state index is 0.149. The van der Waals surface area contributed by atoms with Crippen LogP contribution >= 0.6 is 0 Å². The summed E-state index contributed by atoms with van der Waals surface area (Å²) in [7, 11) is 0. The van der Waals surface area contributed by atoms with Crippen LogP contribution in [0.2, 0.25) is 0 Å². The highest BCUT2D eigenvalue weighted by molar-refractivity contribution is 6.07. The van der Waals surface area contributed by atoms with E-state index >= 15 is 0 Å². The number of hydrogen-bond donors (Lipinski definition) is 0. The third-order valence-electron chi connectivity index (χ3n) is 3.60. The summed E-state index contributed by atoms with van der Waals surface area (Å²) in [5.41, 5.74) is 1.38. The van der Waals surface area contributed by atoms with Crippen molar-refractivity contribution in [3.63, 3.8) is 0 Å². The molecule has 0 radical (unpaired) electrons. The summed E-state index contributed by atoms with van der Waals surface area (Å²) in [6.45, 7) is 0.149. The minimum atomic E-state index is -0.703. The lowest BCUT2D eigenvalue weighted by Crippen LogP contribution is -2.40. The van der Waals surface area contributed by atoms with Gasteiger partial charge in [-0.1, -0.05) is 6.08 Å². The smallest absolute Gasteiger partial charge is 0.295 e. The highest BCUT2D eigenvalue weighted by Crippen LogP contribution is 2.41. The molecular formula is C16H10N2O4. The molecule has 6 heteroatoms. The van der Waals surface area contributed by atoms with Crippen LogP contribution in [0, 0.1) is 11.3 Å². The van der Waals surface area contributed by atoms with Crippen molar-refractivity contribution in [2.45, 2.75) is 6.04 Å². The van der Waals surface area contributed by atoms with Gasteiger partial charge in [-0.25, -0.2) is 0 Å². The quantitative estimate of drug-likeness (QED) is 0.808. The fourth-order valence-electron chi connectivity index (χ4n) is 2.58. The second-order valence-corrected chi connectivity index (χ2v) is 4.85. The van der Waals surface area contributed by atoms with Gasteiger partial charge in [0.2, 0.25) is 6.79 Å². The molecule has 4 rings (SSSR count). The Balaban J connectivity index is 1.85. The lowest BCUT2D eigenvalue weighted by molar-refractivity contribution is 0.0958. The molecule has 1 atom stereocenters. The first-order valence-electron chi connectivity index (χ1n) is 6.66. The fraction of sp³-hybridized carbons (Fsp3) is 0.125. The first kappa shape index (κ1) is 12.5. The van der Waals surface area contributed by atoms with Crippen LogP contribution in [-0.2, 0) is 0 Å². The standard InChI is InChI=1S/C16H10N2O4/c17-8-11-4-3-10-6-14-15(22-9-21-14)7-12(10)18(11)16(19)13-2-1-5-20-13/h1-7,11H,9H2/t11-/m1/s1. The predicted molar refractivity (Wildman–Crippen MR) is 76.5 cm³/mol. The van der Waals surface area contributed by atoms with Gasteiger partial charge < -0.3 is 13.9 Å².